The minimum atomic E-state index is 0.00647. The number of rotatable bonds is 5. The van der Waals surface area contributed by atoms with Crippen LogP contribution in [0.25, 0.3) is 0 Å². The lowest BCUT2D eigenvalue weighted by Crippen LogP contribution is -2.26. The number of carbonyl (C=O) groups excluding carboxylic acids is 1. The molecule has 0 aliphatic rings. The standard InChI is InChI=1S/C17H17Br2NO/c1-20(16-8-4-14(12-19)5-9-16)17(21)15-6-2-13(3-7-15)10-11-18/h2-9H,10-12H2,1H3. The second kappa shape index (κ2) is 7.76. The Kier molecular flexibility index (Phi) is 6.00. The van der Waals surface area contributed by atoms with E-state index in [4.69, 9.17) is 0 Å². The lowest BCUT2D eigenvalue weighted by molar-refractivity contribution is 0.0993. The van der Waals surface area contributed by atoms with Crippen molar-refractivity contribution in [3.63, 3.8) is 0 Å². The molecule has 110 valence electrons. The number of benzene rings is 2. The second-order valence-corrected chi connectivity index (χ2v) is 6.15. The van der Waals surface area contributed by atoms with Crippen LogP contribution in [0.4, 0.5) is 5.69 Å². The molecule has 0 bridgehead atoms. The Balaban J connectivity index is 2.13. The fourth-order valence-corrected chi connectivity index (χ4v) is 2.87. The molecule has 21 heavy (non-hydrogen) atoms. The van der Waals surface area contributed by atoms with Crippen molar-refractivity contribution in [2.75, 3.05) is 17.3 Å². The summed E-state index contributed by atoms with van der Waals surface area (Å²) in [4.78, 5) is 14.2. The van der Waals surface area contributed by atoms with E-state index in [1.54, 1.807) is 11.9 Å². The van der Waals surface area contributed by atoms with Crippen LogP contribution in [-0.2, 0) is 11.8 Å². The van der Waals surface area contributed by atoms with Gasteiger partial charge in [0.05, 0.1) is 0 Å². The number of carbonyl (C=O) groups is 1. The Morgan fingerprint density at radius 2 is 1.52 bits per heavy atom. The van der Waals surface area contributed by atoms with E-state index in [0.717, 1.165) is 22.8 Å². The molecule has 0 saturated carbocycles. The third-order valence-corrected chi connectivity index (χ3v) is 4.41. The predicted octanol–water partition coefficient (Wildman–Crippen LogP) is 4.80. The summed E-state index contributed by atoms with van der Waals surface area (Å²) in [6.45, 7) is 0. The molecule has 4 heteroatoms. The molecular weight excluding hydrogens is 394 g/mol. The first-order chi connectivity index (χ1) is 10.2. The lowest BCUT2D eigenvalue weighted by Gasteiger charge is -2.18. The Morgan fingerprint density at radius 1 is 0.952 bits per heavy atom. The maximum absolute atomic E-state index is 12.5. The number of hydrogen-bond acceptors (Lipinski definition) is 1. The van der Waals surface area contributed by atoms with Gasteiger partial charge in [-0.15, -0.1) is 0 Å². The second-order valence-electron chi connectivity index (χ2n) is 4.80. The molecule has 0 N–H and O–H groups in total. The summed E-state index contributed by atoms with van der Waals surface area (Å²) >= 11 is 6.84. The van der Waals surface area contributed by atoms with Crippen molar-refractivity contribution in [1.29, 1.82) is 0 Å². The van der Waals surface area contributed by atoms with Crippen LogP contribution in [0.3, 0.4) is 0 Å². The molecule has 0 heterocycles. The number of anilines is 1. The molecule has 0 saturated heterocycles. The van der Waals surface area contributed by atoms with Gasteiger partial charge < -0.3 is 4.90 Å². The van der Waals surface area contributed by atoms with Crippen molar-refractivity contribution in [3.8, 4) is 0 Å². The molecule has 2 aromatic carbocycles. The summed E-state index contributed by atoms with van der Waals surface area (Å²) in [5.74, 6) is 0.00647. The van der Waals surface area contributed by atoms with Crippen LogP contribution in [0.5, 0.6) is 0 Å². The quantitative estimate of drug-likeness (QED) is 0.648. The van der Waals surface area contributed by atoms with Crippen molar-refractivity contribution < 1.29 is 4.79 Å². The third-order valence-electron chi connectivity index (χ3n) is 3.37. The van der Waals surface area contributed by atoms with E-state index in [1.807, 2.05) is 48.5 Å². The average Bonchev–Trinajstić information content (AvgIpc) is 2.54. The number of nitrogens with zero attached hydrogens (tertiary/aromatic N) is 1. The number of halogens is 2. The van der Waals surface area contributed by atoms with Crippen LogP contribution in [0.2, 0.25) is 0 Å². The molecule has 0 aliphatic heterocycles. The molecule has 1 amide bonds. The van der Waals surface area contributed by atoms with Gasteiger partial charge in [0.2, 0.25) is 0 Å². The molecule has 2 aromatic rings. The summed E-state index contributed by atoms with van der Waals surface area (Å²) in [6, 6.07) is 15.8. The highest BCUT2D eigenvalue weighted by atomic mass is 79.9. The molecule has 0 aliphatic carbocycles. The van der Waals surface area contributed by atoms with Crippen LogP contribution >= 0.6 is 31.9 Å². The average molecular weight is 411 g/mol. The maximum atomic E-state index is 12.5. The van der Waals surface area contributed by atoms with Crippen LogP contribution in [-0.4, -0.2) is 18.3 Å². The fourth-order valence-electron chi connectivity index (χ4n) is 2.04. The molecule has 0 radical (unpaired) electrons. The largest absolute Gasteiger partial charge is 0.311 e. The van der Waals surface area contributed by atoms with Gasteiger partial charge in [0, 0.05) is 29.0 Å². The van der Waals surface area contributed by atoms with E-state index in [-0.39, 0.29) is 5.91 Å². The maximum Gasteiger partial charge on any atom is 0.258 e. The van der Waals surface area contributed by atoms with Crippen LogP contribution in [0.1, 0.15) is 21.5 Å². The highest BCUT2D eigenvalue weighted by Crippen LogP contribution is 2.18. The minimum Gasteiger partial charge on any atom is -0.311 e. The Morgan fingerprint density at radius 3 is 2.05 bits per heavy atom. The zero-order valence-corrected chi connectivity index (χ0v) is 15.0. The van der Waals surface area contributed by atoms with E-state index < -0.39 is 0 Å². The number of aryl methyl sites for hydroxylation is 1. The summed E-state index contributed by atoms with van der Waals surface area (Å²) in [6.07, 6.45) is 0.971. The highest BCUT2D eigenvalue weighted by Gasteiger charge is 2.13. The van der Waals surface area contributed by atoms with Crippen molar-refractivity contribution in [2.45, 2.75) is 11.8 Å². The molecule has 0 atom stereocenters. The smallest absolute Gasteiger partial charge is 0.258 e. The first kappa shape index (κ1) is 16.2. The van der Waals surface area contributed by atoms with Gasteiger partial charge in [0.25, 0.3) is 5.91 Å². The van der Waals surface area contributed by atoms with E-state index in [2.05, 4.69) is 31.9 Å². The first-order valence-corrected chi connectivity index (χ1v) is 8.98. The highest BCUT2D eigenvalue weighted by molar-refractivity contribution is 9.09. The number of alkyl halides is 2. The summed E-state index contributed by atoms with van der Waals surface area (Å²) < 4.78 is 0. The zero-order chi connectivity index (χ0) is 15.2. The SMILES string of the molecule is CN(C(=O)c1ccc(CCBr)cc1)c1ccc(CBr)cc1. The monoisotopic (exact) mass is 409 g/mol. The lowest BCUT2D eigenvalue weighted by atomic mass is 10.1. The van der Waals surface area contributed by atoms with E-state index in [0.29, 0.717) is 5.56 Å². The Bertz CT molecular complexity index is 593. The number of hydrogen-bond donors (Lipinski definition) is 0. The van der Waals surface area contributed by atoms with Crippen molar-refractivity contribution in [3.05, 3.63) is 65.2 Å². The van der Waals surface area contributed by atoms with Gasteiger partial charge >= 0.3 is 0 Å². The molecule has 0 spiro atoms. The van der Waals surface area contributed by atoms with Gasteiger partial charge in [-0.25, -0.2) is 0 Å². The molecular formula is C17H17Br2NO. The van der Waals surface area contributed by atoms with E-state index >= 15 is 0 Å². The fraction of sp³-hybridized carbons (Fsp3) is 0.235. The van der Waals surface area contributed by atoms with Gasteiger partial charge in [-0.3, -0.25) is 4.79 Å². The van der Waals surface area contributed by atoms with Gasteiger partial charge in [-0.1, -0.05) is 56.1 Å². The van der Waals surface area contributed by atoms with E-state index in [9.17, 15) is 4.79 Å². The van der Waals surface area contributed by atoms with Gasteiger partial charge in [0.1, 0.15) is 0 Å². The van der Waals surface area contributed by atoms with Crippen LogP contribution < -0.4 is 4.90 Å². The van der Waals surface area contributed by atoms with Crippen LogP contribution in [0, 0.1) is 0 Å². The summed E-state index contributed by atoms with van der Waals surface area (Å²) in [7, 11) is 1.80. The Labute approximate surface area is 142 Å². The first-order valence-electron chi connectivity index (χ1n) is 6.73. The molecule has 0 fully saturated rings. The molecule has 2 nitrogen and oxygen atoms in total. The molecule has 0 unspecified atom stereocenters. The van der Waals surface area contributed by atoms with Crippen molar-refractivity contribution in [1.82, 2.24) is 0 Å². The van der Waals surface area contributed by atoms with Crippen molar-refractivity contribution in [2.24, 2.45) is 0 Å². The summed E-state index contributed by atoms with van der Waals surface area (Å²) in [5, 5.41) is 1.75. The summed E-state index contributed by atoms with van der Waals surface area (Å²) in [5.41, 5.74) is 4.03. The molecule has 0 aromatic heterocycles. The minimum absolute atomic E-state index is 0.00647. The normalized spacial score (nSPS) is 10.4. The van der Waals surface area contributed by atoms with Crippen molar-refractivity contribution >= 4 is 43.5 Å². The Hall–Kier alpha value is -1.13. The number of amides is 1. The zero-order valence-electron chi connectivity index (χ0n) is 11.9. The van der Waals surface area contributed by atoms with Gasteiger partial charge in [-0.05, 0) is 41.8 Å². The van der Waals surface area contributed by atoms with Gasteiger partial charge in [-0.2, -0.15) is 0 Å². The topological polar surface area (TPSA) is 20.3 Å². The predicted molar refractivity (Wildman–Crippen MR) is 95.7 cm³/mol. The van der Waals surface area contributed by atoms with Gasteiger partial charge in [0.15, 0.2) is 0 Å². The van der Waals surface area contributed by atoms with Crippen LogP contribution in [0.15, 0.2) is 48.5 Å². The third kappa shape index (κ3) is 4.17. The van der Waals surface area contributed by atoms with E-state index in [1.165, 1.54) is 11.1 Å². The molecule has 2 rings (SSSR count).